The van der Waals surface area contributed by atoms with Crippen molar-refractivity contribution in [1.29, 1.82) is 5.26 Å². The van der Waals surface area contributed by atoms with Crippen LogP contribution in [0, 0.1) is 28.9 Å². The fraction of sp³-hybridized carbons (Fsp3) is 0.382. The first-order valence-electron chi connectivity index (χ1n) is 13.9. The van der Waals surface area contributed by atoms with Crippen molar-refractivity contribution in [3.8, 4) is 17.6 Å². The molecule has 1 saturated heterocycles. The Balaban J connectivity index is 1.47. The molecule has 1 heterocycles. The normalized spacial score (nSPS) is 15.4. The number of benzene rings is 3. The zero-order chi connectivity index (χ0) is 28.7. The number of rotatable bonds is 10. The molecule has 0 amide bonds. The van der Waals surface area contributed by atoms with E-state index in [2.05, 4.69) is 24.8 Å². The number of ether oxygens (including phenoxy) is 2. The molecule has 3 aromatic carbocycles. The average Bonchev–Trinajstić information content (AvgIpc) is 2.97. The van der Waals surface area contributed by atoms with E-state index in [1.54, 1.807) is 38.5 Å². The number of piperidine rings is 1. The van der Waals surface area contributed by atoms with E-state index in [-0.39, 0.29) is 17.6 Å². The number of nitrogens with zero attached hydrogens (tertiary/aromatic N) is 2. The predicted octanol–water partition coefficient (Wildman–Crippen LogP) is 7.78. The third kappa shape index (κ3) is 6.37. The topological polar surface area (TPSA) is 45.5 Å². The van der Waals surface area contributed by atoms with Crippen molar-refractivity contribution in [1.82, 2.24) is 4.90 Å². The van der Waals surface area contributed by atoms with Crippen LogP contribution in [0.15, 0.2) is 72.3 Å². The summed E-state index contributed by atoms with van der Waals surface area (Å²) in [4.78, 5) is 2.45. The third-order valence-corrected chi connectivity index (χ3v) is 8.21. The van der Waals surface area contributed by atoms with Crippen LogP contribution in [0.2, 0.25) is 0 Å². The summed E-state index contributed by atoms with van der Waals surface area (Å²) in [5.41, 5.74) is 4.59. The zero-order valence-corrected chi connectivity index (χ0v) is 23.8. The minimum atomic E-state index is -0.626. The molecule has 1 aliphatic rings. The van der Waals surface area contributed by atoms with E-state index in [4.69, 9.17) is 9.47 Å². The summed E-state index contributed by atoms with van der Waals surface area (Å²) >= 11 is 0. The van der Waals surface area contributed by atoms with Gasteiger partial charge in [-0.1, -0.05) is 49.8 Å². The number of hydrogen-bond acceptors (Lipinski definition) is 4. The molecule has 0 bridgehead atoms. The summed E-state index contributed by atoms with van der Waals surface area (Å²) in [5.74, 6) is 0.865. The van der Waals surface area contributed by atoms with Gasteiger partial charge in [0.2, 0.25) is 0 Å². The van der Waals surface area contributed by atoms with Crippen LogP contribution >= 0.6 is 0 Å². The predicted molar refractivity (Wildman–Crippen MR) is 155 cm³/mol. The molecule has 3 aromatic rings. The van der Waals surface area contributed by atoms with Gasteiger partial charge < -0.3 is 14.4 Å². The molecule has 4 nitrogen and oxygen atoms in total. The smallest absolute Gasteiger partial charge is 0.161 e. The van der Waals surface area contributed by atoms with Crippen LogP contribution in [-0.2, 0) is 5.41 Å². The zero-order valence-electron chi connectivity index (χ0n) is 23.8. The quantitative estimate of drug-likeness (QED) is 0.262. The Morgan fingerprint density at radius 1 is 0.875 bits per heavy atom. The summed E-state index contributed by atoms with van der Waals surface area (Å²) in [6, 6.07) is 21.5. The van der Waals surface area contributed by atoms with E-state index < -0.39 is 5.41 Å². The number of halogens is 2. The standard InChI is InChI=1S/C34H38F2N2O2/c1-24(2)34(23-37,28-10-15-31(39-3)32(22-28)40-4)18-5-19-38-20-16-27(17-21-38)33(25-6-11-29(35)12-7-25)26-8-13-30(36)14-9-26/h6-15,22,24H,5,16-21H2,1-4H3. The van der Waals surface area contributed by atoms with Crippen LogP contribution in [0.3, 0.4) is 0 Å². The minimum absolute atomic E-state index is 0.125. The van der Waals surface area contributed by atoms with Crippen molar-refractivity contribution in [2.24, 2.45) is 5.92 Å². The molecule has 6 heteroatoms. The third-order valence-electron chi connectivity index (χ3n) is 8.21. The molecule has 0 aliphatic carbocycles. The van der Waals surface area contributed by atoms with E-state index in [9.17, 15) is 14.0 Å². The van der Waals surface area contributed by atoms with Crippen molar-refractivity contribution in [2.45, 2.75) is 44.9 Å². The van der Waals surface area contributed by atoms with Crippen LogP contribution < -0.4 is 9.47 Å². The SMILES string of the molecule is COc1ccc(C(C#N)(CCCN2CCC(=C(c3ccc(F)cc3)c3ccc(F)cc3)CC2)C(C)C)cc1OC. The van der Waals surface area contributed by atoms with Crippen LogP contribution in [0.5, 0.6) is 11.5 Å². The first-order valence-corrected chi connectivity index (χ1v) is 13.9. The van der Waals surface area contributed by atoms with Crippen LogP contribution in [-0.4, -0.2) is 38.8 Å². The summed E-state index contributed by atoms with van der Waals surface area (Å²) in [6.45, 7) is 6.91. The second-order valence-electron chi connectivity index (χ2n) is 10.7. The highest BCUT2D eigenvalue weighted by molar-refractivity contribution is 5.82. The van der Waals surface area contributed by atoms with E-state index in [1.807, 2.05) is 18.2 Å². The summed E-state index contributed by atoms with van der Waals surface area (Å²) in [7, 11) is 3.22. The maximum Gasteiger partial charge on any atom is 0.161 e. The monoisotopic (exact) mass is 544 g/mol. The van der Waals surface area contributed by atoms with Crippen LogP contribution in [0.4, 0.5) is 8.78 Å². The van der Waals surface area contributed by atoms with Gasteiger partial charge >= 0.3 is 0 Å². The number of hydrogen-bond donors (Lipinski definition) is 0. The Morgan fingerprint density at radius 2 is 1.43 bits per heavy atom. The summed E-state index contributed by atoms with van der Waals surface area (Å²) in [5, 5.41) is 10.4. The molecule has 40 heavy (non-hydrogen) atoms. The van der Waals surface area contributed by atoms with Crippen LogP contribution in [0.25, 0.3) is 5.57 Å². The lowest BCUT2D eigenvalue weighted by Crippen LogP contribution is -2.35. The summed E-state index contributed by atoms with van der Waals surface area (Å²) < 4.78 is 38.2. The molecule has 1 atom stereocenters. The second kappa shape index (κ2) is 13.1. The van der Waals surface area contributed by atoms with Gasteiger partial charge in [-0.2, -0.15) is 5.26 Å². The van der Waals surface area contributed by atoms with Gasteiger partial charge in [0.05, 0.1) is 25.7 Å². The van der Waals surface area contributed by atoms with Gasteiger partial charge in [-0.05, 0) is 96.8 Å². The molecule has 0 radical (unpaired) electrons. The maximum atomic E-state index is 13.7. The van der Waals surface area contributed by atoms with Gasteiger partial charge in [0.1, 0.15) is 11.6 Å². The Morgan fingerprint density at radius 3 is 1.90 bits per heavy atom. The van der Waals surface area contributed by atoms with Crippen molar-refractivity contribution in [3.05, 3.63) is 101 Å². The van der Waals surface area contributed by atoms with Gasteiger partial charge in [0.25, 0.3) is 0 Å². The summed E-state index contributed by atoms with van der Waals surface area (Å²) in [6.07, 6.45) is 3.40. The molecule has 210 valence electrons. The van der Waals surface area contributed by atoms with Crippen LogP contribution in [0.1, 0.15) is 56.2 Å². The van der Waals surface area contributed by atoms with Crippen molar-refractivity contribution < 1.29 is 18.3 Å². The first kappa shape index (κ1) is 29.3. The lowest BCUT2D eigenvalue weighted by atomic mass is 9.69. The Hall–Kier alpha value is -3.69. The number of methoxy groups -OCH3 is 2. The second-order valence-corrected chi connectivity index (χ2v) is 10.7. The molecule has 0 aromatic heterocycles. The Kier molecular flexibility index (Phi) is 9.60. The van der Waals surface area contributed by atoms with E-state index in [0.29, 0.717) is 11.5 Å². The number of likely N-dealkylation sites (tertiary alicyclic amines) is 1. The van der Waals surface area contributed by atoms with Crippen molar-refractivity contribution in [2.75, 3.05) is 33.9 Å². The molecule has 0 saturated carbocycles. The molecule has 1 unspecified atom stereocenters. The van der Waals surface area contributed by atoms with E-state index in [1.165, 1.54) is 29.8 Å². The molecule has 4 rings (SSSR count). The maximum absolute atomic E-state index is 13.7. The highest BCUT2D eigenvalue weighted by atomic mass is 19.1. The molecule has 1 aliphatic heterocycles. The van der Waals surface area contributed by atoms with Crippen molar-refractivity contribution >= 4 is 5.57 Å². The van der Waals surface area contributed by atoms with E-state index >= 15 is 0 Å². The lowest BCUT2D eigenvalue weighted by molar-refractivity contribution is 0.238. The first-order chi connectivity index (χ1) is 19.3. The highest BCUT2D eigenvalue weighted by Crippen LogP contribution is 2.41. The molecule has 0 N–H and O–H groups in total. The average molecular weight is 545 g/mol. The molecule has 0 spiro atoms. The Bertz CT molecular complexity index is 1300. The van der Waals surface area contributed by atoms with Gasteiger partial charge in [0, 0.05) is 13.1 Å². The molecular weight excluding hydrogens is 506 g/mol. The van der Waals surface area contributed by atoms with Crippen molar-refractivity contribution in [3.63, 3.8) is 0 Å². The minimum Gasteiger partial charge on any atom is -0.493 e. The van der Waals surface area contributed by atoms with Gasteiger partial charge in [-0.3, -0.25) is 0 Å². The largest absolute Gasteiger partial charge is 0.493 e. The fourth-order valence-corrected chi connectivity index (χ4v) is 5.82. The van der Waals surface area contributed by atoms with E-state index in [0.717, 1.165) is 67.6 Å². The van der Waals surface area contributed by atoms with Gasteiger partial charge in [-0.25, -0.2) is 8.78 Å². The number of nitriles is 1. The fourth-order valence-electron chi connectivity index (χ4n) is 5.82. The highest BCUT2D eigenvalue weighted by Gasteiger charge is 2.36. The lowest BCUT2D eigenvalue weighted by Gasteiger charge is -2.34. The Labute approximate surface area is 236 Å². The molecular formula is C34H38F2N2O2. The molecule has 1 fully saturated rings. The van der Waals surface area contributed by atoms with Gasteiger partial charge in [-0.15, -0.1) is 0 Å². The van der Waals surface area contributed by atoms with Gasteiger partial charge in [0.15, 0.2) is 11.5 Å².